The van der Waals surface area contributed by atoms with E-state index in [0.29, 0.717) is 10.9 Å². The molecule has 0 fully saturated rings. The van der Waals surface area contributed by atoms with Crippen LogP contribution in [0.4, 0.5) is 5.69 Å². The number of fused-ring (bicyclic) bond motifs is 1. The number of rotatable bonds is 1. The summed E-state index contributed by atoms with van der Waals surface area (Å²) in [6, 6.07) is 4.28. The molecule has 0 saturated heterocycles. The summed E-state index contributed by atoms with van der Waals surface area (Å²) >= 11 is 5.76. The molecule has 15 heavy (non-hydrogen) atoms. The van der Waals surface area contributed by atoms with Gasteiger partial charge in [-0.05, 0) is 6.07 Å². The van der Waals surface area contributed by atoms with Crippen molar-refractivity contribution < 1.29 is 4.92 Å². The lowest BCUT2D eigenvalue weighted by atomic mass is 10.2. The van der Waals surface area contributed by atoms with Crippen LogP contribution in [0.25, 0.3) is 10.9 Å². The molecule has 0 amide bonds. The summed E-state index contributed by atoms with van der Waals surface area (Å²) in [7, 11) is 0. The minimum Gasteiger partial charge on any atom is -0.258 e. The van der Waals surface area contributed by atoms with E-state index < -0.39 is 4.92 Å². The number of nitro benzene ring substituents is 1. The van der Waals surface area contributed by atoms with E-state index in [4.69, 9.17) is 11.6 Å². The van der Waals surface area contributed by atoms with E-state index in [2.05, 4.69) is 9.97 Å². The van der Waals surface area contributed by atoms with Crippen molar-refractivity contribution in [1.29, 1.82) is 0 Å². The molecule has 0 aliphatic carbocycles. The van der Waals surface area contributed by atoms with Crippen LogP contribution >= 0.6 is 24.0 Å². The molecule has 1 heterocycles. The average Bonchev–Trinajstić information content (AvgIpc) is 2.18. The van der Waals surface area contributed by atoms with E-state index >= 15 is 0 Å². The number of nitrogens with zero attached hydrogens (tertiary/aromatic N) is 3. The monoisotopic (exact) mass is 245 g/mol. The maximum absolute atomic E-state index is 10.5. The van der Waals surface area contributed by atoms with Gasteiger partial charge in [-0.15, -0.1) is 12.4 Å². The van der Waals surface area contributed by atoms with Crippen LogP contribution in [0.5, 0.6) is 0 Å². The van der Waals surface area contributed by atoms with Gasteiger partial charge in [0.25, 0.3) is 5.69 Å². The number of hydrogen-bond donors (Lipinski definition) is 0. The standard InChI is InChI=1S/C8H4ClN3O2.ClH/c9-8-6-3-5(12(13)14)1-2-7(6)10-4-11-8;/h1-4H;1H. The van der Waals surface area contributed by atoms with Gasteiger partial charge in [0.05, 0.1) is 10.4 Å². The Morgan fingerprint density at radius 3 is 2.73 bits per heavy atom. The van der Waals surface area contributed by atoms with Gasteiger partial charge in [0.2, 0.25) is 0 Å². The van der Waals surface area contributed by atoms with Crippen LogP contribution in [-0.2, 0) is 0 Å². The normalized spacial score (nSPS) is 9.67. The van der Waals surface area contributed by atoms with Gasteiger partial charge in [0.1, 0.15) is 11.5 Å². The predicted octanol–water partition coefficient (Wildman–Crippen LogP) is 2.61. The third-order valence-electron chi connectivity index (χ3n) is 1.78. The fourth-order valence-corrected chi connectivity index (χ4v) is 1.32. The highest BCUT2D eigenvalue weighted by molar-refractivity contribution is 6.34. The molecule has 78 valence electrons. The SMILES string of the molecule is Cl.O=[N+]([O-])c1ccc2ncnc(Cl)c2c1. The molecular formula is C8H5Cl2N3O2. The summed E-state index contributed by atoms with van der Waals surface area (Å²) in [6.07, 6.45) is 1.32. The zero-order valence-electron chi connectivity index (χ0n) is 7.25. The van der Waals surface area contributed by atoms with Crippen LogP contribution in [0.3, 0.4) is 0 Å². The lowest BCUT2D eigenvalue weighted by Crippen LogP contribution is -1.89. The number of aromatic nitrogens is 2. The van der Waals surface area contributed by atoms with Gasteiger partial charge in [0, 0.05) is 17.5 Å². The second-order valence-corrected chi connectivity index (χ2v) is 2.98. The summed E-state index contributed by atoms with van der Waals surface area (Å²) in [5.41, 5.74) is 0.574. The molecule has 0 radical (unpaired) electrons. The number of non-ortho nitro benzene ring substituents is 1. The lowest BCUT2D eigenvalue weighted by Gasteiger charge is -1.97. The first-order valence-electron chi connectivity index (χ1n) is 3.73. The second-order valence-electron chi connectivity index (χ2n) is 2.62. The third-order valence-corrected chi connectivity index (χ3v) is 2.08. The second kappa shape index (κ2) is 4.37. The van der Waals surface area contributed by atoms with E-state index in [1.54, 1.807) is 6.07 Å². The molecule has 5 nitrogen and oxygen atoms in total. The van der Waals surface area contributed by atoms with Crippen molar-refractivity contribution in [2.24, 2.45) is 0 Å². The fraction of sp³-hybridized carbons (Fsp3) is 0. The van der Waals surface area contributed by atoms with Crippen LogP contribution in [0.2, 0.25) is 5.15 Å². The molecule has 0 aliphatic heterocycles. The van der Waals surface area contributed by atoms with Crippen molar-refractivity contribution in [3.63, 3.8) is 0 Å². The molecule has 0 saturated carbocycles. The van der Waals surface area contributed by atoms with Gasteiger partial charge >= 0.3 is 0 Å². The summed E-state index contributed by atoms with van der Waals surface area (Å²) < 4.78 is 0. The summed E-state index contributed by atoms with van der Waals surface area (Å²) in [4.78, 5) is 17.7. The van der Waals surface area contributed by atoms with E-state index in [1.165, 1.54) is 18.5 Å². The Bertz CT molecular complexity index is 518. The highest BCUT2D eigenvalue weighted by Crippen LogP contribution is 2.23. The number of hydrogen-bond acceptors (Lipinski definition) is 4. The Morgan fingerprint density at radius 1 is 1.33 bits per heavy atom. The van der Waals surface area contributed by atoms with Crippen LogP contribution in [-0.4, -0.2) is 14.9 Å². The van der Waals surface area contributed by atoms with Crippen molar-refractivity contribution >= 4 is 40.6 Å². The van der Waals surface area contributed by atoms with Gasteiger partial charge in [-0.25, -0.2) is 9.97 Å². The molecule has 0 spiro atoms. The maximum Gasteiger partial charge on any atom is 0.270 e. The van der Waals surface area contributed by atoms with Gasteiger partial charge < -0.3 is 0 Å². The zero-order chi connectivity index (χ0) is 10.1. The first-order valence-corrected chi connectivity index (χ1v) is 4.11. The van der Waals surface area contributed by atoms with Crippen molar-refractivity contribution in [2.45, 2.75) is 0 Å². The quantitative estimate of drug-likeness (QED) is 0.440. The van der Waals surface area contributed by atoms with Crippen LogP contribution in [0.15, 0.2) is 24.5 Å². The molecule has 1 aromatic carbocycles. The Balaban J connectivity index is 0.00000112. The number of halogens is 2. The lowest BCUT2D eigenvalue weighted by molar-refractivity contribution is -0.384. The maximum atomic E-state index is 10.5. The van der Waals surface area contributed by atoms with E-state index in [1.807, 2.05) is 0 Å². The molecular weight excluding hydrogens is 241 g/mol. The minimum atomic E-state index is -0.483. The van der Waals surface area contributed by atoms with Crippen molar-refractivity contribution in [3.05, 3.63) is 39.8 Å². The van der Waals surface area contributed by atoms with Crippen LogP contribution in [0, 0.1) is 10.1 Å². The van der Waals surface area contributed by atoms with E-state index in [9.17, 15) is 10.1 Å². The molecule has 0 unspecified atom stereocenters. The van der Waals surface area contributed by atoms with Gasteiger partial charge in [0.15, 0.2) is 0 Å². The molecule has 0 atom stereocenters. The molecule has 0 N–H and O–H groups in total. The Morgan fingerprint density at radius 2 is 2.07 bits per heavy atom. The minimum absolute atomic E-state index is 0. The highest BCUT2D eigenvalue weighted by Gasteiger charge is 2.08. The van der Waals surface area contributed by atoms with Crippen molar-refractivity contribution in [3.8, 4) is 0 Å². The molecule has 1 aromatic heterocycles. The third kappa shape index (κ3) is 2.14. The summed E-state index contributed by atoms with van der Waals surface area (Å²) in [5.74, 6) is 0. The average molecular weight is 246 g/mol. The van der Waals surface area contributed by atoms with Gasteiger partial charge in [-0.3, -0.25) is 10.1 Å². The molecule has 7 heteroatoms. The Labute approximate surface area is 95.7 Å². The van der Waals surface area contributed by atoms with Gasteiger partial charge in [-0.1, -0.05) is 11.6 Å². The van der Waals surface area contributed by atoms with E-state index in [-0.39, 0.29) is 23.2 Å². The Hall–Kier alpha value is -1.46. The highest BCUT2D eigenvalue weighted by atomic mass is 35.5. The first-order chi connectivity index (χ1) is 6.68. The fourth-order valence-electron chi connectivity index (χ4n) is 1.13. The van der Waals surface area contributed by atoms with Crippen LogP contribution in [0.1, 0.15) is 0 Å². The smallest absolute Gasteiger partial charge is 0.258 e. The Kier molecular flexibility index (Phi) is 3.39. The van der Waals surface area contributed by atoms with Crippen molar-refractivity contribution in [1.82, 2.24) is 9.97 Å². The molecule has 0 aliphatic rings. The molecule has 2 aromatic rings. The summed E-state index contributed by atoms with van der Waals surface area (Å²) in [6.45, 7) is 0. The predicted molar refractivity (Wildman–Crippen MR) is 58.5 cm³/mol. The largest absolute Gasteiger partial charge is 0.270 e. The van der Waals surface area contributed by atoms with Gasteiger partial charge in [-0.2, -0.15) is 0 Å². The van der Waals surface area contributed by atoms with E-state index in [0.717, 1.165) is 0 Å². The molecule has 2 rings (SSSR count). The first kappa shape index (κ1) is 11.6. The van der Waals surface area contributed by atoms with Crippen LogP contribution < -0.4 is 0 Å². The summed E-state index contributed by atoms with van der Waals surface area (Å²) in [5, 5.41) is 11.2. The number of benzene rings is 1. The zero-order valence-corrected chi connectivity index (χ0v) is 8.83. The van der Waals surface area contributed by atoms with Crippen molar-refractivity contribution in [2.75, 3.05) is 0 Å². The molecule has 0 bridgehead atoms. The topological polar surface area (TPSA) is 68.9 Å². The number of nitro groups is 1.